The maximum atomic E-state index is 12.2. The van der Waals surface area contributed by atoms with Crippen molar-refractivity contribution in [2.24, 2.45) is 0 Å². The molecule has 2 N–H and O–H groups in total. The van der Waals surface area contributed by atoms with Crippen LogP contribution < -0.4 is 10.1 Å². The molecule has 5 heteroatoms. The first-order valence-electron chi connectivity index (χ1n) is 6.44. The normalized spacial score (nSPS) is 11.8. The van der Waals surface area contributed by atoms with E-state index < -0.39 is 0 Å². The number of carbonyl (C=O) groups excluding carboxylic acids is 1. The number of carbonyl (C=O) groups is 1. The van der Waals surface area contributed by atoms with Gasteiger partial charge < -0.3 is 15.2 Å². The molecule has 1 unspecified atom stereocenters. The van der Waals surface area contributed by atoms with Crippen LogP contribution in [-0.4, -0.2) is 18.1 Å². The lowest BCUT2D eigenvalue weighted by molar-refractivity contribution is 0.0939. The average Bonchev–Trinajstić information content (AvgIpc) is 2.49. The topological polar surface area (TPSA) is 58.6 Å². The number of methoxy groups -OCH3 is 1. The molecule has 0 fully saturated rings. The molecule has 21 heavy (non-hydrogen) atoms. The van der Waals surface area contributed by atoms with Crippen molar-refractivity contribution in [3.05, 3.63) is 58.6 Å². The van der Waals surface area contributed by atoms with Crippen LogP contribution in [0.5, 0.6) is 11.5 Å². The van der Waals surface area contributed by atoms with Crippen LogP contribution in [0.3, 0.4) is 0 Å². The second kappa shape index (κ2) is 6.50. The number of amides is 1. The lowest BCUT2D eigenvalue weighted by Gasteiger charge is -2.15. The minimum Gasteiger partial charge on any atom is -0.508 e. The van der Waals surface area contributed by atoms with Crippen LogP contribution in [0.1, 0.15) is 28.9 Å². The summed E-state index contributed by atoms with van der Waals surface area (Å²) in [5.74, 6) is 0.425. The quantitative estimate of drug-likeness (QED) is 0.908. The van der Waals surface area contributed by atoms with E-state index in [0.29, 0.717) is 5.02 Å². The van der Waals surface area contributed by atoms with E-state index in [1.54, 1.807) is 7.11 Å². The van der Waals surface area contributed by atoms with E-state index in [0.717, 1.165) is 11.3 Å². The van der Waals surface area contributed by atoms with Gasteiger partial charge in [-0.2, -0.15) is 0 Å². The predicted molar refractivity (Wildman–Crippen MR) is 82.0 cm³/mol. The third-order valence-corrected chi connectivity index (χ3v) is 3.49. The number of ether oxygens (including phenoxy) is 1. The van der Waals surface area contributed by atoms with E-state index in [2.05, 4.69) is 5.32 Å². The van der Waals surface area contributed by atoms with Gasteiger partial charge in [0.2, 0.25) is 0 Å². The van der Waals surface area contributed by atoms with Crippen LogP contribution in [0.25, 0.3) is 0 Å². The summed E-state index contributed by atoms with van der Waals surface area (Å²) < 4.78 is 5.10. The second-order valence-corrected chi connectivity index (χ2v) is 5.04. The van der Waals surface area contributed by atoms with Crippen molar-refractivity contribution in [3.8, 4) is 11.5 Å². The summed E-state index contributed by atoms with van der Waals surface area (Å²) in [4.78, 5) is 12.2. The summed E-state index contributed by atoms with van der Waals surface area (Å²) in [5.41, 5.74) is 1.19. The predicted octanol–water partition coefficient (Wildman–Crippen LogP) is 3.55. The van der Waals surface area contributed by atoms with Crippen LogP contribution >= 0.6 is 11.6 Å². The molecule has 2 aromatic rings. The molecule has 0 spiro atoms. The van der Waals surface area contributed by atoms with E-state index in [1.807, 2.05) is 31.2 Å². The summed E-state index contributed by atoms with van der Waals surface area (Å²) in [5, 5.41) is 12.6. The highest BCUT2D eigenvalue weighted by Crippen LogP contribution is 2.23. The summed E-state index contributed by atoms with van der Waals surface area (Å²) in [6.07, 6.45) is 0. The van der Waals surface area contributed by atoms with Crippen LogP contribution in [0.15, 0.2) is 42.5 Å². The Kier molecular flexibility index (Phi) is 4.70. The number of nitrogens with one attached hydrogen (secondary N) is 1. The smallest absolute Gasteiger partial charge is 0.253 e. The summed E-state index contributed by atoms with van der Waals surface area (Å²) in [7, 11) is 1.60. The van der Waals surface area contributed by atoms with Gasteiger partial charge in [-0.15, -0.1) is 0 Å². The fourth-order valence-electron chi connectivity index (χ4n) is 1.94. The van der Waals surface area contributed by atoms with Crippen LogP contribution in [0.2, 0.25) is 5.02 Å². The molecule has 110 valence electrons. The molecule has 1 atom stereocenters. The van der Waals surface area contributed by atoms with Gasteiger partial charge in [-0.1, -0.05) is 23.7 Å². The van der Waals surface area contributed by atoms with Crippen LogP contribution in [0, 0.1) is 0 Å². The van der Waals surface area contributed by atoms with Gasteiger partial charge in [-0.3, -0.25) is 4.79 Å². The number of benzene rings is 2. The van der Waals surface area contributed by atoms with E-state index in [4.69, 9.17) is 16.3 Å². The van der Waals surface area contributed by atoms with Gasteiger partial charge in [-0.05, 0) is 42.8 Å². The van der Waals surface area contributed by atoms with Crippen molar-refractivity contribution in [3.63, 3.8) is 0 Å². The number of halogens is 1. The molecule has 0 aliphatic rings. The number of phenolic OH excluding ortho intramolecular Hbond substituents is 1. The van der Waals surface area contributed by atoms with E-state index in [9.17, 15) is 9.90 Å². The molecule has 0 saturated carbocycles. The second-order valence-electron chi connectivity index (χ2n) is 4.63. The molecule has 1 amide bonds. The molecule has 2 aromatic carbocycles. The molecule has 2 rings (SSSR count). The fourth-order valence-corrected chi connectivity index (χ4v) is 2.14. The van der Waals surface area contributed by atoms with Gasteiger partial charge in [0.15, 0.2) is 0 Å². The van der Waals surface area contributed by atoms with E-state index >= 15 is 0 Å². The van der Waals surface area contributed by atoms with Crippen LogP contribution in [0.4, 0.5) is 0 Å². The molecule has 0 aliphatic heterocycles. The lowest BCUT2D eigenvalue weighted by Crippen LogP contribution is -2.26. The summed E-state index contributed by atoms with van der Waals surface area (Å²) in [6, 6.07) is 11.5. The van der Waals surface area contributed by atoms with Gasteiger partial charge in [-0.25, -0.2) is 0 Å². The largest absolute Gasteiger partial charge is 0.508 e. The van der Waals surface area contributed by atoms with E-state index in [1.165, 1.54) is 18.2 Å². The molecule has 0 heterocycles. The van der Waals surface area contributed by atoms with Crippen molar-refractivity contribution in [1.82, 2.24) is 5.32 Å². The summed E-state index contributed by atoms with van der Waals surface area (Å²) >= 11 is 5.97. The number of aromatic hydroxyl groups is 1. The molecule has 0 aromatic heterocycles. The Balaban J connectivity index is 2.12. The standard InChI is InChI=1S/C16H16ClNO3/c1-10(11-3-6-13(21-2)7-4-11)18-16(20)14-9-12(19)5-8-15(14)17/h3-10,19H,1-2H3,(H,18,20). The van der Waals surface area contributed by atoms with Gasteiger partial charge in [0, 0.05) is 0 Å². The van der Waals surface area contributed by atoms with Gasteiger partial charge in [0.25, 0.3) is 5.91 Å². The number of hydrogen-bond donors (Lipinski definition) is 2. The maximum Gasteiger partial charge on any atom is 0.253 e. The number of phenols is 1. The first-order valence-corrected chi connectivity index (χ1v) is 6.82. The van der Waals surface area contributed by atoms with Crippen molar-refractivity contribution >= 4 is 17.5 Å². The Morgan fingerprint density at radius 1 is 1.24 bits per heavy atom. The fraction of sp³-hybridized carbons (Fsp3) is 0.188. The lowest BCUT2D eigenvalue weighted by atomic mass is 10.1. The Morgan fingerprint density at radius 3 is 2.52 bits per heavy atom. The third kappa shape index (κ3) is 3.67. The van der Waals surface area contributed by atoms with Gasteiger partial charge >= 0.3 is 0 Å². The Bertz CT molecular complexity index is 640. The molecule has 0 saturated heterocycles. The Labute approximate surface area is 128 Å². The molecule has 0 bridgehead atoms. The first kappa shape index (κ1) is 15.2. The van der Waals surface area contributed by atoms with Crippen molar-refractivity contribution < 1.29 is 14.6 Å². The Morgan fingerprint density at radius 2 is 1.90 bits per heavy atom. The number of rotatable bonds is 4. The molecular weight excluding hydrogens is 290 g/mol. The highest BCUT2D eigenvalue weighted by Gasteiger charge is 2.15. The van der Waals surface area contributed by atoms with E-state index in [-0.39, 0.29) is 23.3 Å². The SMILES string of the molecule is COc1ccc(C(C)NC(=O)c2cc(O)ccc2Cl)cc1. The third-order valence-electron chi connectivity index (χ3n) is 3.16. The highest BCUT2D eigenvalue weighted by molar-refractivity contribution is 6.33. The molecule has 0 radical (unpaired) electrons. The first-order chi connectivity index (χ1) is 10.0. The minimum atomic E-state index is -0.334. The van der Waals surface area contributed by atoms with Gasteiger partial charge in [0.05, 0.1) is 23.7 Å². The average molecular weight is 306 g/mol. The minimum absolute atomic E-state index is 0.00153. The Hall–Kier alpha value is -2.20. The van der Waals surface area contributed by atoms with Gasteiger partial charge in [0.1, 0.15) is 11.5 Å². The summed E-state index contributed by atoms with van der Waals surface area (Å²) in [6.45, 7) is 1.87. The van der Waals surface area contributed by atoms with Crippen molar-refractivity contribution in [2.75, 3.05) is 7.11 Å². The monoisotopic (exact) mass is 305 g/mol. The van der Waals surface area contributed by atoms with Crippen molar-refractivity contribution in [2.45, 2.75) is 13.0 Å². The highest BCUT2D eigenvalue weighted by atomic mass is 35.5. The van der Waals surface area contributed by atoms with Crippen molar-refractivity contribution in [1.29, 1.82) is 0 Å². The zero-order valence-corrected chi connectivity index (χ0v) is 12.5. The zero-order valence-electron chi connectivity index (χ0n) is 11.8. The molecular formula is C16H16ClNO3. The number of hydrogen-bond acceptors (Lipinski definition) is 3. The maximum absolute atomic E-state index is 12.2. The molecule has 0 aliphatic carbocycles. The van der Waals surface area contributed by atoms with Crippen LogP contribution in [-0.2, 0) is 0 Å². The zero-order chi connectivity index (χ0) is 15.4. The molecule has 4 nitrogen and oxygen atoms in total.